The minimum atomic E-state index is 0.795. The van der Waals surface area contributed by atoms with Gasteiger partial charge in [-0.25, -0.2) is 0 Å². The summed E-state index contributed by atoms with van der Waals surface area (Å²) in [6.45, 7) is 10.7. The van der Waals surface area contributed by atoms with Crippen molar-refractivity contribution in [2.75, 3.05) is 19.8 Å². The van der Waals surface area contributed by atoms with E-state index in [-0.39, 0.29) is 0 Å². The van der Waals surface area contributed by atoms with Gasteiger partial charge in [0.05, 0.1) is 6.20 Å². The van der Waals surface area contributed by atoms with Crippen molar-refractivity contribution in [3.63, 3.8) is 0 Å². The first-order chi connectivity index (χ1) is 7.79. The van der Waals surface area contributed by atoms with Crippen LogP contribution in [0.3, 0.4) is 0 Å². The lowest BCUT2D eigenvalue weighted by atomic mass is 10.2. The van der Waals surface area contributed by atoms with Crippen LogP contribution in [0.4, 0.5) is 0 Å². The normalized spacial score (nSPS) is 10.9. The lowest BCUT2D eigenvalue weighted by Crippen LogP contribution is -2.12. The Morgan fingerprint density at radius 1 is 1.44 bits per heavy atom. The molecule has 1 aromatic rings. The van der Waals surface area contributed by atoms with Gasteiger partial charge in [0, 0.05) is 37.6 Å². The van der Waals surface area contributed by atoms with Crippen molar-refractivity contribution in [2.24, 2.45) is 0 Å². The SMILES string of the molecule is CCNCc1cnn(CCCOCC)c1C. The van der Waals surface area contributed by atoms with E-state index < -0.39 is 0 Å². The van der Waals surface area contributed by atoms with Crippen LogP contribution in [0, 0.1) is 6.92 Å². The van der Waals surface area contributed by atoms with E-state index in [1.807, 2.05) is 13.1 Å². The zero-order chi connectivity index (χ0) is 11.8. The molecule has 0 fully saturated rings. The second-order valence-corrected chi connectivity index (χ2v) is 3.81. The number of ether oxygens (including phenoxy) is 1. The quantitative estimate of drug-likeness (QED) is 0.685. The summed E-state index contributed by atoms with van der Waals surface area (Å²) in [7, 11) is 0. The maximum absolute atomic E-state index is 5.31. The fraction of sp³-hybridized carbons (Fsp3) is 0.750. The van der Waals surface area contributed by atoms with Crippen LogP contribution in [0.15, 0.2) is 6.20 Å². The van der Waals surface area contributed by atoms with Crippen molar-refractivity contribution in [1.82, 2.24) is 15.1 Å². The third-order valence-electron chi connectivity index (χ3n) is 2.63. The summed E-state index contributed by atoms with van der Waals surface area (Å²) < 4.78 is 7.37. The lowest BCUT2D eigenvalue weighted by Gasteiger charge is -2.06. The molecule has 1 aromatic heterocycles. The number of nitrogens with zero attached hydrogens (tertiary/aromatic N) is 2. The summed E-state index contributed by atoms with van der Waals surface area (Å²) in [5.74, 6) is 0. The number of hydrogen-bond acceptors (Lipinski definition) is 3. The van der Waals surface area contributed by atoms with Gasteiger partial charge in [-0.2, -0.15) is 5.10 Å². The van der Waals surface area contributed by atoms with E-state index in [9.17, 15) is 0 Å². The van der Waals surface area contributed by atoms with Crippen molar-refractivity contribution in [2.45, 2.75) is 40.3 Å². The number of hydrogen-bond donors (Lipinski definition) is 1. The maximum atomic E-state index is 5.31. The van der Waals surface area contributed by atoms with Crippen molar-refractivity contribution < 1.29 is 4.74 Å². The minimum Gasteiger partial charge on any atom is -0.382 e. The molecule has 0 aliphatic carbocycles. The Kier molecular flexibility index (Phi) is 6.11. The molecule has 0 aromatic carbocycles. The van der Waals surface area contributed by atoms with Gasteiger partial charge >= 0.3 is 0 Å². The monoisotopic (exact) mass is 225 g/mol. The molecule has 1 heterocycles. The third-order valence-corrected chi connectivity index (χ3v) is 2.63. The highest BCUT2D eigenvalue weighted by Gasteiger charge is 2.04. The summed E-state index contributed by atoms with van der Waals surface area (Å²) in [5, 5.41) is 7.70. The highest BCUT2D eigenvalue weighted by atomic mass is 16.5. The second-order valence-electron chi connectivity index (χ2n) is 3.81. The van der Waals surface area contributed by atoms with E-state index in [0.29, 0.717) is 0 Å². The zero-order valence-electron chi connectivity index (χ0n) is 10.6. The van der Waals surface area contributed by atoms with Crippen molar-refractivity contribution in [1.29, 1.82) is 0 Å². The van der Waals surface area contributed by atoms with Gasteiger partial charge < -0.3 is 10.1 Å². The molecule has 1 N–H and O–H groups in total. The molecule has 0 saturated heterocycles. The molecule has 4 heteroatoms. The van der Waals surface area contributed by atoms with Gasteiger partial charge in [0.15, 0.2) is 0 Å². The van der Waals surface area contributed by atoms with Gasteiger partial charge in [0.2, 0.25) is 0 Å². The second kappa shape index (κ2) is 7.41. The molecular weight excluding hydrogens is 202 g/mol. The van der Waals surface area contributed by atoms with Crippen molar-refractivity contribution in [3.8, 4) is 0 Å². The van der Waals surface area contributed by atoms with Crippen molar-refractivity contribution >= 4 is 0 Å². The highest BCUT2D eigenvalue weighted by molar-refractivity contribution is 5.15. The van der Waals surface area contributed by atoms with Crippen LogP contribution >= 0.6 is 0 Å². The fourth-order valence-corrected chi connectivity index (χ4v) is 1.60. The number of nitrogens with one attached hydrogen (secondary N) is 1. The largest absolute Gasteiger partial charge is 0.382 e. The van der Waals surface area contributed by atoms with Crippen LogP contribution in [0.5, 0.6) is 0 Å². The predicted octanol–water partition coefficient (Wildman–Crippen LogP) is 1.73. The summed E-state index contributed by atoms with van der Waals surface area (Å²) in [6.07, 6.45) is 2.98. The molecule has 4 nitrogen and oxygen atoms in total. The lowest BCUT2D eigenvalue weighted by molar-refractivity contribution is 0.140. The molecule has 92 valence electrons. The minimum absolute atomic E-state index is 0.795. The molecule has 0 unspecified atom stereocenters. The first-order valence-electron chi connectivity index (χ1n) is 6.09. The molecule has 0 saturated carbocycles. The van der Waals surface area contributed by atoms with Crippen LogP contribution in [0.25, 0.3) is 0 Å². The average Bonchev–Trinajstić information content (AvgIpc) is 2.64. The van der Waals surface area contributed by atoms with E-state index in [2.05, 4.69) is 28.9 Å². The molecule has 0 amide bonds. The van der Waals surface area contributed by atoms with Crippen LogP contribution in [0.1, 0.15) is 31.5 Å². The Morgan fingerprint density at radius 3 is 2.94 bits per heavy atom. The molecular formula is C12H23N3O. The Morgan fingerprint density at radius 2 is 2.25 bits per heavy atom. The van der Waals surface area contributed by atoms with Gasteiger partial charge in [0.25, 0.3) is 0 Å². The number of aryl methyl sites for hydroxylation is 1. The molecule has 0 atom stereocenters. The maximum Gasteiger partial charge on any atom is 0.0537 e. The van der Waals surface area contributed by atoms with E-state index in [1.54, 1.807) is 0 Å². The van der Waals surface area contributed by atoms with E-state index in [0.717, 1.165) is 39.3 Å². The first-order valence-corrected chi connectivity index (χ1v) is 6.09. The average molecular weight is 225 g/mol. The molecule has 0 bridgehead atoms. The molecule has 0 radical (unpaired) electrons. The van der Waals surface area contributed by atoms with E-state index in [1.165, 1.54) is 11.3 Å². The van der Waals surface area contributed by atoms with E-state index >= 15 is 0 Å². The smallest absolute Gasteiger partial charge is 0.0537 e. The van der Waals surface area contributed by atoms with Crippen LogP contribution < -0.4 is 5.32 Å². The number of aromatic nitrogens is 2. The van der Waals surface area contributed by atoms with Crippen LogP contribution in [-0.2, 0) is 17.8 Å². The molecule has 0 spiro atoms. The van der Waals surface area contributed by atoms with Crippen LogP contribution in [0.2, 0.25) is 0 Å². The highest BCUT2D eigenvalue weighted by Crippen LogP contribution is 2.07. The first kappa shape index (κ1) is 13.2. The van der Waals surface area contributed by atoms with Gasteiger partial charge in [-0.1, -0.05) is 6.92 Å². The number of rotatable bonds is 8. The third kappa shape index (κ3) is 3.94. The topological polar surface area (TPSA) is 39.1 Å². The summed E-state index contributed by atoms with van der Waals surface area (Å²) in [5.41, 5.74) is 2.55. The Balaban J connectivity index is 2.38. The Bertz CT molecular complexity index is 296. The molecule has 0 aliphatic heterocycles. The molecule has 16 heavy (non-hydrogen) atoms. The van der Waals surface area contributed by atoms with E-state index in [4.69, 9.17) is 4.74 Å². The fourth-order valence-electron chi connectivity index (χ4n) is 1.60. The van der Waals surface area contributed by atoms with Crippen LogP contribution in [-0.4, -0.2) is 29.5 Å². The summed E-state index contributed by atoms with van der Waals surface area (Å²) in [6, 6.07) is 0. The molecule has 1 rings (SSSR count). The van der Waals surface area contributed by atoms with Crippen molar-refractivity contribution in [3.05, 3.63) is 17.5 Å². The predicted molar refractivity (Wildman–Crippen MR) is 65.5 cm³/mol. The zero-order valence-corrected chi connectivity index (χ0v) is 10.6. The standard InChI is InChI=1S/C12H23N3O/c1-4-13-9-12-10-14-15(11(12)3)7-6-8-16-5-2/h10,13H,4-9H2,1-3H3. The van der Waals surface area contributed by atoms with Gasteiger partial charge in [-0.05, 0) is 26.8 Å². The van der Waals surface area contributed by atoms with Gasteiger partial charge in [-0.3, -0.25) is 4.68 Å². The molecule has 0 aliphatic rings. The Labute approximate surface area is 98.0 Å². The van der Waals surface area contributed by atoms with Gasteiger partial charge in [0.1, 0.15) is 0 Å². The summed E-state index contributed by atoms with van der Waals surface area (Å²) >= 11 is 0. The van der Waals surface area contributed by atoms with Gasteiger partial charge in [-0.15, -0.1) is 0 Å². The summed E-state index contributed by atoms with van der Waals surface area (Å²) in [4.78, 5) is 0. The Hall–Kier alpha value is -0.870.